The van der Waals surface area contributed by atoms with Gasteiger partial charge < -0.3 is 34.9 Å². The van der Waals surface area contributed by atoms with E-state index in [2.05, 4.69) is 6.92 Å². The molecule has 0 unspecified atom stereocenters. The van der Waals surface area contributed by atoms with Crippen LogP contribution in [0.3, 0.4) is 0 Å². The Morgan fingerprint density at radius 2 is 1.92 bits per heavy atom. The number of nitrogens with zero attached hydrogens (tertiary/aromatic N) is 3. The third kappa shape index (κ3) is 6.87. The number of amides is 2. The van der Waals surface area contributed by atoms with E-state index in [1.54, 1.807) is 18.0 Å². The van der Waals surface area contributed by atoms with Gasteiger partial charge in [0.2, 0.25) is 24.4 Å². The maximum atomic E-state index is 13.5. The van der Waals surface area contributed by atoms with Gasteiger partial charge in [-0.3, -0.25) is 19.3 Å². The fourth-order valence-electron chi connectivity index (χ4n) is 5.30. The highest BCUT2D eigenvalue weighted by atomic mass is 16.7. The minimum absolute atomic E-state index is 0.0371. The lowest BCUT2D eigenvalue weighted by molar-refractivity contribution is -0.144. The predicted molar refractivity (Wildman–Crippen MR) is 141 cm³/mol. The second kappa shape index (κ2) is 13.7. The summed E-state index contributed by atoms with van der Waals surface area (Å²) < 4.78 is 16.6. The number of carbonyl (C=O) groups is 3. The molecule has 0 spiro atoms. The van der Waals surface area contributed by atoms with E-state index in [1.807, 2.05) is 15.9 Å². The average Bonchev–Trinajstić information content (AvgIpc) is 3.51. The van der Waals surface area contributed by atoms with E-state index < -0.39 is 23.8 Å². The van der Waals surface area contributed by atoms with Gasteiger partial charge >= 0.3 is 5.97 Å². The van der Waals surface area contributed by atoms with Crippen molar-refractivity contribution in [1.29, 1.82) is 0 Å². The quantitative estimate of drug-likeness (QED) is 0.366. The van der Waals surface area contributed by atoms with Crippen molar-refractivity contribution < 1.29 is 33.7 Å². The Kier molecular flexibility index (Phi) is 10.6. The molecule has 0 bridgehead atoms. The Morgan fingerprint density at radius 3 is 2.55 bits per heavy atom. The van der Waals surface area contributed by atoms with Crippen molar-refractivity contribution >= 4 is 17.8 Å². The lowest BCUT2D eigenvalue weighted by Crippen LogP contribution is -2.46. The predicted octanol–water partition coefficient (Wildman–Crippen LogP) is 1.74. The summed E-state index contributed by atoms with van der Waals surface area (Å²) in [5, 5.41) is 10.4. The Hall–Kier alpha value is -3.05. The molecule has 0 aromatic heterocycles. The summed E-state index contributed by atoms with van der Waals surface area (Å²) in [5.41, 5.74) is 6.46. The number of methoxy groups -OCH3 is 1. The van der Waals surface area contributed by atoms with Gasteiger partial charge in [0.05, 0.1) is 19.6 Å². The summed E-state index contributed by atoms with van der Waals surface area (Å²) in [7, 11) is 3.23. The van der Waals surface area contributed by atoms with Crippen LogP contribution in [0.15, 0.2) is 12.1 Å². The fourth-order valence-corrected chi connectivity index (χ4v) is 5.30. The van der Waals surface area contributed by atoms with Gasteiger partial charge in [-0.2, -0.15) is 0 Å². The second-order valence-electron chi connectivity index (χ2n) is 10.0. The molecule has 11 nitrogen and oxygen atoms in total. The number of carboxylic acid groups (broad SMARTS) is 1. The van der Waals surface area contributed by atoms with E-state index in [9.17, 15) is 19.5 Å². The minimum Gasteiger partial charge on any atom is -0.493 e. The molecule has 1 aromatic rings. The molecule has 3 rings (SSSR count). The minimum atomic E-state index is -0.942. The number of rotatable bonds is 14. The molecule has 1 fully saturated rings. The molecule has 2 heterocycles. The zero-order chi connectivity index (χ0) is 27.8. The van der Waals surface area contributed by atoms with Gasteiger partial charge in [-0.1, -0.05) is 13.3 Å². The van der Waals surface area contributed by atoms with Gasteiger partial charge in [0.15, 0.2) is 11.5 Å². The topological polar surface area (TPSA) is 135 Å². The number of nitrogens with two attached hydrogens (primary N) is 1. The number of aliphatic carboxylic acids is 1. The van der Waals surface area contributed by atoms with Gasteiger partial charge in [0, 0.05) is 52.1 Å². The van der Waals surface area contributed by atoms with Gasteiger partial charge in [-0.25, -0.2) is 0 Å². The van der Waals surface area contributed by atoms with Crippen LogP contribution in [-0.4, -0.2) is 104 Å². The van der Waals surface area contributed by atoms with Crippen LogP contribution in [0.1, 0.15) is 51.0 Å². The van der Waals surface area contributed by atoms with Crippen LogP contribution in [-0.2, 0) is 14.4 Å². The third-order valence-corrected chi connectivity index (χ3v) is 7.54. The molecular formula is C27H42N4O7. The number of benzene rings is 1. The Balaban J connectivity index is 1.92. The molecule has 212 valence electrons. The number of ether oxygens (including phenoxy) is 3. The Labute approximate surface area is 224 Å². The number of unbranched alkanes of at least 4 members (excludes halogenated alkanes) is 1. The zero-order valence-corrected chi connectivity index (χ0v) is 23.0. The van der Waals surface area contributed by atoms with Crippen molar-refractivity contribution in [2.45, 2.75) is 51.5 Å². The number of hydrogen-bond acceptors (Lipinski definition) is 8. The highest BCUT2D eigenvalue weighted by Crippen LogP contribution is 2.47. The normalized spacial score (nSPS) is 20.4. The summed E-state index contributed by atoms with van der Waals surface area (Å²) >= 11 is 0. The molecule has 11 heteroatoms. The van der Waals surface area contributed by atoms with E-state index in [4.69, 9.17) is 19.9 Å². The lowest BCUT2D eigenvalue weighted by atomic mass is 9.84. The highest BCUT2D eigenvalue weighted by Gasteiger charge is 2.47. The smallest absolute Gasteiger partial charge is 0.308 e. The maximum Gasteiger partial charge on any atom is 0.308 e. The molecule has 1 aromatic carbocycles. The first-order valence-corrected chi connectivity index (χ1v) is 13.4. The lowest BCUT2D eigenvalue weighted by Gasteiger charge is -2.30. The summed E-state index contributed by atoms with van der Waals surface area (Å²) in [5.74, 6) is -0.785. The van der Waals surface area contributed by atoms with Gasteiger partial charge in [0.25, 0.3) is 0 Å². The van der Waals surface area contributed by atoms with Crippen LogP contribution < -0.4 is 19.9 Å². The number of likely N-dealkylation sites (tertiary alicyclic amines) is 1. The zero-order valence-electron chi connectivity index (χ0n) is 23.0. The summed E-state index contributed by atoms with van der Waals surface area (Å²) in [4.78, 5) is 43.4. The van der Waals surface area contributed by atoms with Crippen molar-refractivity contribution in [1.82, 2.24) is 14.7 Å². The molecule has 3 N–H and O–H groups in total. The number of hydrogen-bond donors (Lipinski definition) is 2. The van der Waals surface area contributed by atoms with Crippen molar-refractivity contribution in [2.24, 2.45) is 11.7 Å². The molecule has 0 aliphatic carbocycles. The van der Waals surface area contributed by atoms with E-state index in [0.717, 1.165) is 18.4 Å². The number of carbonyl (C=O) groups excluding carboxylic acids is 2. The van der Waals surface area contributed by atoms with Crippen LogP contribution in [0, 0.1) is 5.92 Å². The van der Waals surface area contributed by atoms with Crippen LogP contribution in [0.4, 0.5) is 0 Å². The maximum absolute atomic E-state index is 13.5. The summed E-state index contributed by atoms with van der Waals surface area (Å²) in [6.45, 7) is 6.21. The van der Waals surface area contributed by atoms with E-state index in [0.29, 0.717) is 62.8 Å². The highest BCUT2D eigenvalue weighted by molar-refractivity contribution is 5.79. The van der Waals surface area contributed by atoms with Gasteiger partial charge in [-0.15, -0.1) is 0 Å². The van der Waals surface area contributed by atoms with E-state index >= 15 is 0 Å². The van der Waals surface area contributed by atoms with Crippen molar-refractivity contribution in [2.75, 3.05) is 60.2 Å². The average molecular weight is 535 g/mol. The fraction of sp³-hybridized carbons (Fsp3) is 0.667. The summed E-state index contributed by atoms with van der Waals surface area (Å²) in [6.07, 6.45) is 2.99. The molecule has 2 aliphatic heterocycles. The van der Waals surface area contributed by atoms with E-state index in [1.165, 1.54) is 14.0 Å². The van der Waals surface area contributed by atoms with Gasteiger partial charge in [-0.05, 0) is 43.5 Å². The number of fused-ring (bicyclic) bond motifs is 1. The Morgan fingerprint density at radius 1 is 1.18 bits per heavy atom. The SMILES string of the molecule is CCCCN(CCCN)C(=O)CN1C[C@H](c2cc(OC)c3c(c2)OCO3)[C@@H](C(=O)O)[C@@H]1CCN(C)C(C)=O. The van der Waals surface area contributed by atoms with E-state index in [-0.39, 0.29) is 25.2 Å². The monoisotopic (exact) mass is 534 g/mol. The standard InChI is InChI=1S/C27H42N4O7/c1-5-6-10-30(11-7-9-28)24(33)16-31-15-20(19-13-22(36-4)26-23(14-19)37-17-38-26)25(27(34)35)21(31)8-12-29(3)18(2)32/h13-14,20-21,25H,5-12,15-17,28H2,1-4H3,(H,34,35)/t20-,21+,25-/m1/s1. The molecule has 3 atom stereocenters. The summed E-state index contributed by atoms with van der Waals surface area (Å²) in [6, 6.07) is 3.17. The van der Waals surface area contributed by atoms with Crippen molar-refractivity contribution in [3.05, 3.63) is 17.7 Å². The molecule has 2 aliphatic rings. The van der Waals surface area contributed by atoms with Crippen molar-refractivity contribution in [3.63, 3.8) is 0 Å². The molecule has 38 heavy (non-hydrogen) atoms. The molecule has 0 saturated carbocycles. The molecule has 2 amide bonds. The first-order valence-electron chi connectivity index (χ1n) is 13.4. The van der Waals surface area contributed by atoms with Crippen LogP contribution in [0.5, 0.6) is 17.2 Å². The second-order valence-corrected chi connectivity index (χ2v) is 10.0. The first kappa shape index (κ1) is 29.5. The molecule has 0 radical (unpaired) electrons. The van der Waals surface area contributed by atoms with Crippen LogP contribution in [0.25, 0.3) is 0 Å². The van der Waals surface area contributed by atoms with Crippen molar-refractivity contribution in [3.8, 4) is 17.2 Å². The molecule has 1 saturated heterocycles. The number of carboxylic acids is 1. The largest absolute Gasteiger partial charge is 0.493 e. The first-order chi connectivity index (χ1) is 18.2. The van der Waals surface area contributed by atoms with Crippen LogP contribution >= 0.6 is 0 Å². The molecular weight excluding hydrogens is 492 g/mol. The van der Waals surface area contributed by atoms with Crippen LogP contribution in [0.2, 0.25) is 0 Å². The van der Waals surface area contributed by atoms with Gasteiger partial charge in [0.1, 0.15) is 0 Å². The Bertz CT molecular complexity index is 980. The third-order valence-electron chi connectivity index (χ3n) is 7.54.